The molecule has 15 heavy (non-hydrogen) atoms. The van der Waals surface area contributed by atoms with Crippen molar-refractivity contribution in [3.05, 3.63) is 35.9 Å². The van der Waals surface area contributed by atoms with Gasteiger partial charge in [-0.3, -0.25) is 4.90 Å². The lowest BCUT2D eigenvalue weighted by molar-refractivity contribution is 1.03. The highest BCUT2D eigenvalue weighted by Crippen LogP contribution is 2.32. The van der Waals surface area contributed by atoms with Crippen LogP contribution < -0.4 is 4.90 Å². The third kappa shape index (κ3) is 1.86. The van der Waals surface area contributed by atoms with Gasteiger partial charge in [0.05, 0.1) is 5.69 Å². The molecule has 1 aliphatic heterocycles. The first-order valence-corrected chi connectivity index (χ1v) is 5.99. The highest BCUT2D eigenvalue weighted by Gasteiger charge is 2.21. The average Bonchev–Trinajstić information content (AvgIpc) is 2.29. The molecule has 0 bridgehead atoms. The fourth-order valence-electron chi connectivity index (χ4n) is 1.67. The normalized spacial score (nSPS) is 18.4. The van der Waals surface area contributed by atoms with Gasteiger partial charge in [0.25, 0.3) is 0 Å². The maximum atomic E-state index is 9.16. The van der Waals surface area contributed by atoms with Crippen LogP contribution in [-0.4, -0.2) is 11.1 Å². The van der Waals surface area contributed by atoms with Gasteiger partial charge < -0.3 is 0 Å². The monoisotopic (exact) mass is 216 g/mol. The van der Waals surface area contributed by atoms with Crippen molar-refractivity contribution in [1.29, 1.82) is 5.26 Å². The van der Waals surface area contributed by atoms with Crippen LogP contribution in [0.15, 0.2) is 30.3 Å². The Labute approximate surface area is 94.2 Å². The molecule has 0 N–H and O–H groups in total. The second kappa shape index (κ2) is 4.41. The zero-order chi connectivity index (χ0) is 10.7. The quantitative estimate of drug-likeness (QED) is 0.711. The number of benzene rings is 1. The van der Waals surface area contributed by atoms with Crippen molar-refractivity contribution in [3.8, 4) is 6.19 Å². The van der Waals surface area contributed by atoms with E-state index in [1.807, 2.05) is 24.3 Å². The van der Waals surface area contributed by atoms with E-state index in [1.54, 1.807) is 16.7 Å². The van der Waals surface area contributed by atoms with Gasteiger partial charge in [-0.25, -0.2) is 0 Å². The lowest BCUT2D eigenvalue weighted by Crippen LogP contribution is -2.29. The van der Waals surface area contributed by atoms with Gasteiger partial charge in [-0.1, -0.05) is 37.3 Å². The molecular weight excluding hydrogens is 204 g/mol. The van der Waals surface area contributed by atoms with Crippen LogP contribution in [0.1, 0.15) is 12.5 Å². The number of para-hydroxylation sites is 1. The van der Waals surface area contributed by atoms with Crippen LogP contribution in [0.25, 0.3) is 6.08 Å². The number of nitriles is 1. The average molecular weight is 216 g/mol. The van der Waals surface area contributed by atoms with Crippen LogP contribution in [0.3, 0.4) is 0 Å². The Bertz CT molecular complexity index is 420. The Morgan fingerprint density at radius 3 is 3.00 bits per heavy atom. The van der Waals surface area contributed by atoms with E-state index in [1.165, 1.54) is 0 Å². The van der Waals surface area contributed by atoms with Gasteiger partial charge in [0.1, 0.15) is 5.37 Å². The van der Waals surface area contributed by atoms with Crippen molar-refractivity contribution in [1.82, 2.24) is 0 Å². The summed E-state index contributed by atoms with van der Waals surface area (Å²) < 4.78 is 0. The number of hydrogen-bond acceptors (Lipinski definition) is 3. The zero-order valence-electron chi connectivity index (χ0n) is 8.55. The van der Waals surface area contributed by atoms with Crippen LogP contribution >= 0.6 is 11.8 Å². The Morgan fingerprint density at radius 2 is 2.27 bits per heavy atom. The van der Waals surface area contributed by atoms with Crippen molar-refractivity contribution < 1.29 is 0 Å². The van der Waals surface area contributed by atoms with Crippen LogP contribution in [0.2, 0.25) is 0 Å². The minimum Gasteiger partial charge on any atom is -0.262 e. The first kappa shape index (κ1) is 10.1. The predicted molar refractivity (Wildman–Crippen MR) is 65.5 cm³/mol. The molecule has 76 valence electrons. The standard InChI is InChI=1S/C12H12N2S/c1-2-15-12-8-7-10-5-3-4-6-11(10)14(12)9-13/h3-8,12H,2H2,1H3. The van der Waals surface area contributed by atoms with Gasteiger partial charge in [0, 0.05) is 0 Å². The predicted octanol–water partition coefficient (Wildman–Crippen LogP) is 3.08. The summed E-state index contributed by atoms with van der Waals surface area (Å²) in [6, 6.07) is 7.98. The molecule has 0 fully saturated rings. The van der Waals surface area contributed by atoms with E-state index in [2.05, 4.69) is 25.3 Å². The topological polar surface area (TPSA) is 27.0 Å². The largest absolute Gasteiger partial charge is 0.262 e. The van der Waals surface area contributed by atoms with Gasteiger partial charge in [0.15, 0.2) is 6.19 Å². The molecule has 1 aromatic carbocycles. The lowest BCUT2D eigenvalue weighted by Gasteiger charge is -2.28. The first-order valence-electron chi connectivity index (χ1n) is 4.94. The molecule has 1 aromatic rings. The highest BCUT2D eigenvalue weighted by molar-refractivity contribution is 8.00. The van der Waals surface area contributed by atoms with E-state index >= 15 is 0 Å². The van der Waals surface area contributed by atoms with Crippen LogP contribution in [0.4, 0.5) is 5.69 Å². The molecule has 0 amide bonds. The molecule has 0 saturated heterocycles. The summed E-state index contributed by atoms with van der Waals surface area (Å²) in [6.45, 7) is 2.11. The zero-order valence-corrected chi connectivity index (χ0v) is 9.37. The van der Waals surface area contributed by atoms with Crippen molar-refractivity contribution in [2.24, 2.45) is 0 Å². The molecule has 0 radical (unpaired) electrons. The Hall–Kier alpha value is -1.40. The van der Waals surface area contributed by atoms with E-state index < -0.39 is 0 Å². The van der Waals surface area contributed by atoms with Gasteiger partial charge in [-0.05, 0) is 17.4 Å². The molecule has 2 rings (SSSR count). The van der Waals surface area contributed by atoms with Gasteiger partial charge >= 0.3 is 0 Å². The smallest absolute Gasteiger partial charge is 0.185 e. The fourth-order valence-corrected chi connectivity index (χ4v) is 2.51. The first-order chi connectivity index (χ1) is 7.36. The molecule has 0 saturated carbocycles. The molecule has 1 atom stereocenters. The summed E-state index contributed by atoms with van der Waals surface area (Å²) in [6.07, 6.45) is 6.43. The second-order valence-electron chi connectivity index (χ2n) is 3.23. The van der Waals surface area contributed by atoms with Gasteiger partial charge in [0.2, 0.25) is 0 Å². The van der Waals surface area contributed by atoms with Crippen molar-refractivity contribution in [3.63, 3.8) is 0 Å². The highest BCUT2D eigenvalue weighted by atomic mass is 32.2. The summed E-state index contributed by atoms with van der Waals surface area (Å²) >= 11 is 1.77. The SMILES string of the molecule is CCSC1C=Cc2ccccc2N1C#N. The third-order valence-corrected chi connectivity index (χ3v) is 3.38. The molecule has 0 aromatic heterocycles. The minimum absolute atomic E-state index is 0.148. The van der Waals surface area contributed by atoms with Crippen LogP contribution in [-0.2, 0) is 0 Å². The lowest BCUT2D eigenvalue weighted by atomic mass is 10.1. The molecule has 1 unspecified atom stereocenters. The summed E-state index contributed by atoms with van der Waals surface area (Å²) in [5.74, 6) is 1.01. The van der Waals surface area contributed by atoms with E-state index in [-0.39, 0.29) is 5.37 Å². The summed E-state index contributed by atoms with van der Waals surface area (Å²) in [7, 11) is 0. The van der Waals surface area contributed by atoms with E-state index in [0.717, 1.165) is 17.0 Å². The molecule has 0 spiro atoms. The number of hydrogen-bond donors (Lipinski definition) is 0. The summed E-state index contributed by atoms with van der Waals surface area (Å²) in [5, 5.41) is 9.31. The van der Waals surface area contributed by atoms with E-state index in [4.69, 9.17) is 5.26 Å². The van der Waals surface area contributed by atoms with E-state index in [9.17, 15) is 0 Å². The molecule has 0 aliphatic carbocycles. The molecular formula is C12H12N2S. The van der Waals surface area contributed by atoms with Crippen molar-refractivity contribution in [2.45, 2.75) is 12.3 Å². The molecule has 3 heteroatoms. The number of anilines is 1. The van der Waals surface area contributed by atoms with Crippen LogP contribution in [0.5, 0.6) is 0 Å². The van der Waals surface area contributed by atoms with Crippen LogP contribution in [0, 0.1) is 11.5 Å². The molecule has 2 nitrogen and oxygen atoms in total. The number of rotatable bonds is 2. The number of thioether (sulfide) groups is 1. The molecule has 1 heterocycles. The Kier molecular flexibility index (Phi) is 2.98. The Morgan fingerprint density at radius 1 is 1.47 bits per heavy atom. The van der Waals surface area contributed by atoms with Crippen molar-refractivity contribution >= 4 is 23.5 Å². The number of fused-ring (bicyclic) bond motifs is 1. The maximum Gasteiger partial charge on any atom is 0.185 e. The van der Waals surface area contributed by atoms with Gasteiger partial charge in [-0.15, -0.1) is 11.8 Å². The fraction of sp³-hybridized carbons (Fsp3) is 0.250. The summed E-state index contributed by atoms with van der Waals surface area (Å²) in [5.41, 5.74) is 2.13. The van der Waals surface area contributed by atoms with Gasteiger partial charge in [-0.2, -0.15) is 5.26 Å². The van der Waals surface area contributed by atoms with Crippen molar-refractivity contribution in [2.75, 3.05) is 10.7 Å². The summed E-state index contributed by atoms with van der Waals surface area (Å²) in [4.78, 5) is 1.77. The maximum absolute atomic E-state index is 9.16. The minimum atomic E-state index is 0.148. The van der Waals surface area contributed by atoms with E-state index in [0.29, 0.717) is 0 Å². The Balaban J connectivity index is 2.38. The number of nitrogens with zero attached hydrogens (tertiary/aromatic N) is 2. The third-order valence-electron chi connectivity index (χ3n) is 2.34. The second-order valence-corrected chi connectivity index (χ2v) is 4.63. The molecule has 1 aliphatic rings.